The largest absolute Gasteiger partial charge is 0.496 e. The number of ketones is 1. The SMILES string of the molecule is CN[C@@H](C)C(=O)N[C@H](C(=O)N1CCC[C@H]1C(=O)Cc1cc2c(Nc3ccc(Cl)c(Cl)c3F)ncnc2cc1OC)C(C)(C)C.Cl. The van der Waals surface area contributed by atoms with E-state index in [-0.39, 0.29) is 52.2 Å². The van der Waals surface area contributed by atoms with Gasteiger partial charge in [0.15, 0.2) is 11.6 Å². The average molecular weight is 684 g/mol. The number of carbonyl (C=O) groups excluding carboxylic acids is 3. The quantitative estimate of drug-likeness (QED) is 0.240. The Kier molecular flexibility index (Phi) is 12.0. The van der Waals surface area contributed by atoms with Crippen LogP contribution < -0.4 is 20.7 Å². The van der Waals surface area contributed by atoms with Gasteiger partial charge in [-0.1, -0.05) is 44.0 Å². The molecule has 0 bridgehead atoms. The van der Waals surface area contributed by atoms with Crippen molar-refractivity contribution in [2.24, 2.45) is 5.41 Å². The number of hydrogen-bond acceptors (Lipinski definition) is 8. The third-order valence-electron chi connectivity index (χ3n) is 7.82. The molecule has 1 aliphatic heterocycles. The number of anilines is 2. The predicted molar refractivity (Wildman–Crippen MR) is 176 cm³/mol. The summed E-state index contributed by atoms with van der Waals surface area (Å²) in [5.74, 6) is -0.757. The second-order valence-corrected chi connectivity index (χ2v) is 12.7. The van der Waals surface area contributed by atoms with E-state index >= 15 is 0 Å². The zero-order valence-electron chi connectivity index (χ0n) is 26.0. The number of ether oxygens (including phenoxy) is 1. The summed E-state index contributed by atoms with van der Waals surface area (Å²) >= 11 is 11.9. The number of benzene rings is 2. The van der Waals surface area contributed by atoms with Crippen molar-refractivity contribution in [3.63, 3.8) is 0 Å². The van der Waals surface area contributed by atoms with Gasteiger partial charge < -0.3 is 25.6 Å². The van der Waals surface area contributed by atoms with E-state index in [1.807, 2.05) is 20.8 Å². The summed E-state index contributed by atoms with van der Waals surface area (Å²) in [7, 11) is 3.17. The lowest BCUT2D eigenvalue weighted by Gasteiger charge is -2.36. The molecule has 3 N–H and O–H groups in total. The Balaban J connectivity index is 0.00000552. The van der Waals surface area contributed by atoms with Gasteiger partial charge in [-0.05, 0) is 50.4 Å². The van der Waals surface area contributed by atoms with Gasteiger partial charge in [0.1, 0.15) is 23.9 Å². The van der Waals surface area contributed by atoms with Crippen LogP contribution in [0.25, 0.3) is 10.9 Å². The number of likely N-dealkylation sites (tertiary alicyclic amines) is 1. The maximum Gasteiger partial charge on any atom is 0.246 e. The van der Waals surface area contributed by atoms with Crippen LogP contribution in [-0.2, 0) is 20.8 Å². The lowest BCUT2D eigenvalue weighted by Crippen LogP contribution is -2.58. The predicted octanol–water partition coefficient (Wildman–Crippen LogP) is 5.49. The van der Waals surface area contributed by atoms with E-state index in [4.69, 9.17) is 27.9 Å². The maximum atomic E-state index is 14.8. The summed E-state index contributed by atoms with van der Waals surface area (Å²) in [5.41, 5.74) is 0.542. The molecule has 0 radical (unpaired) electrons. The molecule has 3 atom stereocenters. The Morgan fingerprint density at radius 2 is 1.89 bits per heavy atom. The number of Topliss-reactive ketones (excluding diaryl/α,β-unsaturated/α-hetero) is 1. The molecule has 2 heterocycles. The monoisotopic (exact) mass is 682 g/mol. The van der Waals surface area contributed by atoms with Crippen molar-refractivity contribution in [1.29, 1.82) is 0 Å². The normalized spacial score (nSPS) is 16.1. The number of amides is 2. The molecule has 0 aliphatic carbocycles. The fraction of sp³-hybridized carbons (Fsp3) is 0.452. The van der Waals surface area contributed by atoms with Crippen LogP contribution in [0.2, 0.25) is 10.0 Å². The van der Waals surface area contributed by atoms with E-state index in [9.17, 15) is 18.8 Å². The minimum absolute atomic E-state index is 0. The number of aromatic nitrogens is 2. The van der Waals surface area contributed by atoms with Crippen LogP contribution in [0.1, 0.15) is 46.1 Å². The van der Waals surface area contributed by atoms with Gasteiger partial charge in [-0.15, -0.1) is 12.4 Å². The van der Waals surface area contributed by atoms with Gasteiger partial charge in [0, 0.05) is 30.0 Å². The summed E-state index contributed by atoms with van der Waals surface area (Å²) in [6.07, 6.45) is 2.46. The second kappa shape index (κ2) is 14.9. The number of carbonyl (C=O) groups is 3. The van der Waals surface area contributed by atoms with E-state index in [0.29, 0.717) is 47.4 Å². The Morgan fingerprint density at radius 1 is 1.18 bits per heavy atom. The molecular weight excluding hydrogens is 646 g/mol. The first-order chi connectivity index (χ1) is 20.8. The fourth-order valence-electron chi connectivity index (χ4n) is 5.19. The van der Waals surface area contributed by atoms with Crippen LogP contribution in [0.3, 0.4) is 0 Å². The number of hydrogen-bond donors (Lipinski definition) is 3. The standard InChI is InChI=1S/C31H37Cl2FN6O4.ClH/c1-16(35-5)29(42)39-27(31(2,3)4)30(43)40-11-7-8-22(40)23(41)13-17-12-18-21(14-24(17)44-6)36-15-37-28(18)38-20-10-9-19(32)25(33)26(20)34;/h9-10,12,14-16,22,27,35H,7-8,11,13H2,1-6H3,(H,39,42)(H,36,37,38);1H/t16-,22-,27+;/m0./s1. The molecule has 4 rings (SSSR count). The Hall–Kier alpha value is -3.25. The van der Waals surface area contributed by atoms with Crippen molar-refractivity contribution >= 4 is 75.6 Å². The summed E-state index contributed by atoms with van der Waals surface area (Å²) in [5, 5.41) is 9.10. The van der Waals surface area contributed by atoms with Crippen molar-refractivity contribution < 1.29 is 23.5 Å². The Bertz CT molecular complexity index is 1590. The Morgan fingerprint density at radius 3 is 2.53 bits per heavy atom. The van der Waals surface area contributed by atoms with E-state index in [0.717, 1.165) is 0 Å². The topological polar surface area (TPSA) is 126 Å². The van der Waals surface area contributed by atoms with Crippen LogP contribution >= 0.6 is 35.6 Å². The Labute approximate surface area is 278 Å². The van der Waals surface area contributed by atoms with E-state index in [1.54, 1.807) is 31.0 Å². The molecule has 0 unspecified atom stereocenters. The highest BCUT2D eigenvalue weighted by molar-refractivity contribution is 6.42. The molecule has 0 saturated carbocycles. The smallest absolute Gasteiger partial charge is 0.246 e. The van der Waals surface area contributed by atoms with Gasteiger partial charge in [0.05, 0.1) is 40.4 Å². The van der Waals surface area contributed by atoms with Gasteiger partial charge >= 0.3 is 0 Å². The van der Waals surface area contributed by atoms with Crippen molar-refractivity contribution in [2.45, 2.75) is 65.1 Å². The van der Waals surface area contributed by atoms with Crippen LogP contribution in [-0.4, -0.2) is 71.3 Å². The second-order valence-electron chi connectivity index (χ2n) is 11.9. The van der Waals surface area contributed by atoms with Gasteiger partial charge in [0.2, 0.25) is 11.8 Å². The van der Waals surface area contributed by atoms with Crippen molar-refractivity contribution in [2.75, 3.05) is 26.0 Å². The molecule has 1 aliphatic rings. The molecule has 3 aromatic rings. The lowest BCUT2D eigenvalue weighted by atomic mass is 9.85. The van der Waals surface area contributed by atoms with Gasteiger partial charge in [-0.2, -0.15) is 0 Å². The molecule has 0 spiro atoms. The van der Waals surface area contributed by atoms with E-state index in [2.05, 4.69) is 25.9 Å². The number of rotatable bonds is 10. The number of nitrogens with zero attached hydrogens (tertiary/aromatic N) is 3. The highest BCUT2D eigenvalue weighted by atomic mass is 35.5. The maximum absolute atomic E-state index is 14.8. The van der Waals surface area contributed by atoms with Crippen LogP contribution in [0, 0.1) is 11.2 Å². The van der Waals surface area contributed by atoms with Crippen molar-refractivity contribution in [3.05, 3.63) is 52.0 Å². The molecule has 2 aromatic carbocycles. The molecule has 2 amide bonds. The summed E-state index contributed by atoms with van der Waals surface area (Å²) in [4.78, 5) is 50.5. The first-order valence-corrected chi connectivity index (χ1v) is 15.0. The molecule has 45 heavy (non-hydrogen) atoms. The zero-order chi connectivity index (χ0) is 32.3. The molecule has 14 heteroatoms. The lowest BCUT2D eigenvalue weighted by molar-refractivity contribution is -0.143. The number of fused-ring (bicyclic) bond motifs is 1. The minimum Gasteiger partial charge on any atom is -0.496 e. The van der Waals surface area contributed by atoms with Crippen LogP contribution in [0.15, 0.2) is 30.6 Å². The summed E-state index contributed by atoms with van der Waals surface area (Å²) in [6, 6.07) is 4.36. The van der Waals surface area contributed by atoms with Gasteiger partial charge in [-0.25, -0.2) is 14.4 Å². The molecule has 1 fully saturated rings. The number of halogens is 4. The zero-order valence-corrected chi connectivity index (χ0v) is 28.3. The highest BCUT2D eigenvalue weighted by Crippen LogP contribution is 2.35. The third kappa shape index (κ3) is 7.95. The number of likely N-dealkylation sites (N-methyl/N-ethyl adjacent to an activating group) is 1. The number of methoxy groups -OCH3 is 1. The van der Waals surface area contributed by atoms with E-state index < -0.39 is 29.4 Å². The summed E-state index contributed by atoms with van der Waals surface area (Å²) in [6.45, 7) is 7.76. The van der Waals surface area contributed by atoms with Crippen molar-refractivity contribution in [1.82, 2.24) is 25.5 Å². The minimum atomic E-state index is -0.818. The van der Waals surface area contributed by atoms with Crippen LogP contribution in [0.5, 0.6) is 5.75 Å². The summed E-state index contributed by atoms with van der Waals surface area (Å²) < 4.78 is 20.4. The molecule has 244 valence electrons. The molecule has 1 saturated heterocycles. The first kappa shape index (κ1) is 36.2. The highest BCUT2D eigenvalue weighted by Gasteiger charge is 2.42. The van der Waals surface area contributed by atoms with E-state index in [1.165, 1.54) is 25.6 Å². The molecular formula is C31H38Cl3FN6O4. The van der Waals surface area contributed by atoms with Gasteiger partial charge in [0.25, 0.3) is 0 Å². The third-order valence-corrected chi connectivity index (χ3v) is 8.61. The van der Waals surface area contributed by atoms with Crippen LogP contribution in [0.4, 0.5) is 15.9 Å². The van der Waals surface area contributed by atoms with Crippen molar-refractivity contribution in [3.8, 4) is 5.75 Å². The molecule has 10 nitrogen and oxygen atoms in total. The van der Waals surface area contributed by atoms with Gasteiger partial charge in [-0.3, -0.25) is 14.4 Å². The fourth-order valence-corrected chi connectivity index (χ4v) is 5.50. The number of nitrogens with one attached hydrogen (secondary N) is 3. The molecule has 1 aromatic heterocycles. The average Bonchev–Trinajstić information content (AvgIpc) is 3.49. The first-order valence-electron chi connectivity index (χ1n) is 14.3.